The first-order valence-corrected chi connectivity index (χ1v) is 7.55. The van der Waals surface area contributed by atoms with Gasteiger partial charge in [-0.1, -0.05) is 50.2 Å². The quantitative estimate of drug-likeness (QED) is 0.758. The highest BCUT2D eigenvalue weighted by Crippen LogP contribution is 2.41. The topological polar surface area (TPSA) is 18.5 Å². The van der Waals surface area contributed by atoms with Crippen molar-refractivity contribution in [1.29, 1.82) is 0 Å². The summed E-state index contributed by atoms with van der Waals surface area (Å²) in [5.74, 6) is 1.88. The number of hydrogen-bond acceptors (Lipinski definition) is 2. The predicted molar refractivity (Wildman–Crippen MR) is 87.4 cm³/mol. The van der Waals surface area contributed by atoms with Crippen molar-refractivity contribution in [2.45, 2.75) is 33.1 Å². The van der Waals surface area contributed by atoms with Crippen LogP contribution in [-0.2, 0) is 5.41 Å². The van der Waals surface area contributed by atoms with Crippen LogP contribution < -0.4 is 9.47 Å². The summed E-state index contributed by atoms with van der Waals surface area (Å²) in [6, 6.07) is 16.5. The van der Waals surface area contributed by atoms with Gasteiger partial charge in [0.05, 0.1) is 13.2 Å². The molecule has 0 aliphatic carbocycles. The zero-order valence-corrected chi connectivity index (χ0v) is 13.3. The van der Waals surface area contributed by atoms with Gasteiger partial charge in [0.15, 0.2) is 0 Å². The summed E-state index contributed by atoms with van der Waals surface area (Å²) in [7, 11) is 0. The number of rotatable bonds is 6. The zero-order chi connectivity index (χ0) is 15.3. The van der Waals surface area contributed by atoms with E-state index in [1.807, 2.05) is 38.1 Å². The predicted octanol–water partition coefficient (Wildman–Crippen LogP) is 4.81. The second-order valence-corrected chi connectivity index (χ2v) is 5.48. The molecule has 2 nitrogen and oxygen atoms in total. The molecule has 0 amide bonds. The summed E-state index contributed by atoms with van der Waals surface area (Å²) in [6.07, 6.45) is 0. The van der Waals surface area contributed by atoms with E-state index in [4.69, 9.17) is 9.47 Å². The Kier molecular flexibility index (Phi) is 4.89. The lowest BCUT2D eigenvalue weighted by molar-refractivity contribution is 0.323. The lowest BCUT2D eigenvalue weighted by Crippen LogP contribution is -2.21. The zero-order valence-electron chi connectivity index (χ0n) is 13.3. The van der Waals surface area contributed by atoms with E-state index in [1.165, 1.54) is 11.1 Å². The van der Waals surface area contributed by atoms with E-state index in [2.05, 4.69) is 38.1 Å². The molecule has 0 aliphatic heterocycles. The van der Waals surface area contributed by atoms with E-state index in [0.717, 1.165) is 11.5 Å². The average Bonchev–Trinajstić information content (AvgIpc) is 2.49. The average molecular weight is 284 g/mol. The van der Waals surface area contributed by atoms with Gasteiger partial charge in [0.1, 0.15) is 11.5 Å². The fraction of sp³-hybridized carbons (Fsp3) is 0.368. The summed E-state index contributed by atoms with van der Waals surface area (Å²) < 4.78 is 11.6. The molecule has 2 aromatic carbocycles. The van der Waals surface area contributed by atoms with E-state index in [-0.39, 0.29) is 5.41 Å². The maximum absolute atomic E-state index is 5.80. The summed E-state index contributed by atoms with van der Waals surface area (Å²) in [4.78, 5) is 0. The fourth-order valence-electron chi connectivity index (χ4n) is 2.67. The molecular formula is C19H24O2. The number of hydrogen-bond donors (Lipinski definition) is 0. The van der Waals surface area contributed by atoms with Gasteiger partial charge in [-0.15, -0.1) is 0 Å². The van der Waals surface area contributed by atoms with Crippen molar-refractivity contribution in [3.63, 3.8) is 0 Å². The van der Waals surface area contributed by atoms with E-state index >= 15 is 0 Å². The summed E-state index contributed by atoms with van der Waals surface area (Å²) in [5, 5.41) is 0. The van der Waals surface area contributed by atoms with Crippen molar-refractivity contribution in [3.8, 4) is 11.5 Å². The van der Waals surface area contributed by atoms with Crippen LogP contribution in [0.15, 0.2) is 48.5 Å². The normalized spacial score (nSPS) is 11.2. The van der Waals surface area contributed by atoms with Gasteiger partial charge in [0.25, 0.3) is 0 Å². The molecule has 0 radical (unpaired) electrons. The Balaban J connectivity index is 2.51. The van der Waals surface area contributed by atoms with Crippen molar-refractivity contribution in [1.82, 2.24) is 0 Å². The highest BCUT2D eigenvalue weighted by Gasteiger charge is 2.29. The Morgan fingerprint density at radius 2 is 1.10 bits per heavy atom. The van der Waals surface area contributed by atoms with Crippen molar-refractivity contribution >= 4 is 0 Å². The molecule has 2 aromatic rings. The maximum Gasteiger partial charge on any atom is 0.123 e. The third kappa shape index (κ3) is 3.21. The van der Waals surface area contributed by atoms with Gasteiger partial charge in [0, 0.05) is 16.5 Å². The van der Waals surface area contributed by atoms with Crippen molar-refractivity contribution in [3.05, 3.63) is 59.7 Å². The Morgan fingerprint density at radius 3 is 1.48 bits per heavy atom. The van der Waals surface area contributed by atoms with Crippen LogP contribution in [0.2, 0.25) is 0 Å². The summed E-state index contributed by atoms with van der Waals surface area (Å²) in [5.41, 5.74) is 2.18. The molecule has 0 aliphatic rings. The molecule has 0 N–H and O–H groups in total. The maximum atomic E-state index is 5.80. The molecule has 21 heavy (non-hydrogen) atoms. The van der Waals surface area contributed by atoms with Crippen molar-refractivity contribution < 1.29 is 9.47 Å². The van der Waals surface area contributed by atoms with Crippen molar-refractivity contribution in [2.24, 2.45) is 0 Å². The van der Waals surface area contributed by atoms with Gasteiger partial charge in [-0.3, -0.25) is 0 Å². The van der Waals surface area contributed by atoms with Crippen LogP contribution in [-0.4, -0.2) is 13.2 Å². The lowest BCUT2D eigenvalue weighted by atomic mass is 9.77. The molecule has 0 spiro atoms. The number of para-hydroxylation sites is 2. The van der Waals surface area contributed by atoms with E-state index in [1.54, 1.807) is 0 Å². The first-order valence-electron chi connectivity index (χ1n) is 7.55. The van der Waals surface area contributed by atoms with E-state index in [0.29, 0.717) is 13.2 Å². The highest BCUT2D eigenvalue weighted by atomic mass is 16.5. The Labute approximate surface area is 127 Å². The van der Waals surface area contributed by atoms with Crippen LogP contribution in [0.4, 0.5) is 0 Å². The summed E-state index contributed by atoms with van der Waals surface area (Å²) in [6.45, 7) is 9.78. The standard InChI is InChI=1S/C19H24O2/c1-5-20-17-13-9-7-11-15(17)19(3,4)16-12-8-10-14-18(16)21-6-2/h7-14H,5-6H2,1-4H3. The molecule has 112 valence electrons. The molecule has 0 saturated heterocycles. The number of benzene rings is 2. The van der Waals surface area contributed by atoms with E-state index in [9.17, 15) is 0 Å². The molecule has 0 fully saturated rings. The van der Waals surface area contributed by atoms with Gasteiger partial charge in [-0.25, -0.2) is 0 Å². The minimum atomic E-state index is -0.183. The monoisotopic (exact) mass is 284 g/mol. The van der Waals surface area contributed by atoms with Crippen LogP contribution in [0, 0.1) is 0 Å². The molecule has 0 unspecified atom stereocenters. The summed E-state index contributed by atoms with van der Waals surface area (Å²) >= 11 is 0. The van der Waals surface area contributed by atoms with Crippen LogP contribution in [0.1, 0.15) is 38.8 Å². The van der Waals surface area contributed by atoms with Gasteiger partial charge in [-0.05, 0) is 26.0 Å². The molecule has 2 heteroatoms. The second-order valence-electron chi connectivity index (χ2n) is 5.48. The fourth-order valence-corrected chi connectivity index (χ4v) is 2.67. The van der Waals surface area contributed by atoms with Gasteiger partial charge >= 0.3 is 0 Å². The van der Waals surface area contributed by atoms with Crippen LogP contribution in [0.3, 0.4) is 0 Å². The minimum Gasteiger partial charge on any atom is -0.494 e. The van der Waals surface area contributed by atoms with Gasteiger partial charge in [-0.2, -0.15) is 0 Å². The third-order valence-electron chi connectivity index (χ3n) is 3.72. The first kappa shape index (κ1) is 15.4. The molecule has 0 aromatic heterocycles. The van der Waals surface area contributed by atoms with Crippen molar-refractivity contribution in [2.75, 3.05) is 13.2 Å². The molecule has 2 rings (SSSR count). The Hall–Kier alpha value is -1.96. The minimum absolute atomic E-state index is 0.183. The van der Waals surface area contributed by atoms with Gasteiger partial charge < -0.3 is 9.47 Å². The molecule has 0 bridgehead atoms. The molecule has 0 heterocycles. The third-order valence-corrected chi connectivity index (χ3v) is 3.72. The SMILES string of the molecule is CCOc1ccccc1C(C)(C)c1ccccc1OCC. The lowest BCUT2D eigenvalue weighted by Gasteiger charge is -2.29. The van der Waals surface area contributed by atoms with Gasteiger partial charge in [0.2, 0.25) is 0 Å². The Morgan fingerprint density at radius 1 is 0.714 bits per heavy atom. The smallest absolute Gasteiger partial charge is 0.123 e. The largest absolute Gasteiger partial charge is 0.494 e. The Bertz CT molecular complexity index is 536. The molecular weight excluding hydrogens is 260 g/mol. The number of ether oxygens (including phenoxy) is 2. The van der Waals surface area contributed by atoms with Crippen LogP contribution in [0.5, 0.6) is 11.5 Å². The van der Waals surface area contributed by atoms with Crippen LogP contribution in [0.25, 0.3) is 0 Å². The second kappa shape index (κ2) is 6.66. The van der Waals surface area contributed by atoms with Crippen LogP contribution >= 0.6 is 0 Å². The molecule has 0 saturated carbocycles. The molecule has 0 atom stereocenters. The van der Waals surface area contributed by atoms with E-state index < -0.39 is 0 Å². The first-order chi connectivity index (χ1) is 10.1. The highest BCUT2D eigenvalue weighted by molar-refractivity contribution is 5.50.